The number of aliphatic hydroxyl groups is 1. The molecule has 0 unspecified atom stereocenters. The van der Waals surface area contributed by atoms with E-state index in [-0.39, 0.29) is 30.7 Å². The molecule has 0 aromatic carbocycles. The van der Waals surface area contributed by atoms with Crippen LogP contribution in [0.3, 0.4) is 0 Å². The minimum Gasteiger partial charge on any atom is -0.463 e. The minimum atomic E-state index is -0.919. The van der Waals surface area contributed by atoms with E-state index in [1.807, 2.05) is 0 Å². The SMILES string of the molecule is CO[C@@H]1C[C@@H](COC(=O)C(C)C)O[C@@H]1O. The van der Waals surface area contributed by atoms with E-state index in [0.29, 0.717) is 6.42 Å². The van der Waals surface area contributed by atoms with Crippen molar-refractivity contribution in [3.63, 3.8) is 0 Å². The molecular formula is C10H18O5. The average Bonchev–Trinajstić information content (AvgIpc) is 2.55. The summed E-state index contributed by atoms with van der Waals surface area (Å²) < 4.78 is 15.1. The summed E-state index contributed by atoms with van der Waals surface area (Å²) in [4.78, 5) is 11.2. The Balaban J connectivity index is 2.27. The molecule has 88 valence electrons. The lowest BCUT2D eigenvalue weighted by molar-refractivity contribution is -0.161. The third-order valence-electron chi connectivity index (χ3n) is 2.33. The summed E-state index contributed by atoms with van der Waals surface area (Å²) in [5.74, 6) is -0.400. The third kappa shape index (κ3) is 3.44. The fraction of sp³-hybridized carbons (Fsp3) is 0.900. The van der Waals surface area contributed by atoms with Crippen LogP contribution in [0.5, 0.6) is 0 Å². The highest BCUT2D eigenvalue weighted by Gasteiger charge is 2.34. The summed E-state index contributed by atoms with van der Waals surface area (Å²) in [5, 5.41) is 9.35. The van der Waals surface area contributed by atoms with E-state index in [0.717, 1.165) is 0 Å². The highest BCUT2D eigenvalue weighted by molar-refractivity contribution is 5.71. The summed E-state index contributed by atoms with van der Waals surface area (Å²) in [6.07, 6.45) is -0.971. The molecule has 1 fully saturated rings. The number of esters is 1. The molecule has 0 saturated carbocycles. The van der Waals surface area contributed by atoms with Gasteiger partial charge in [-0.2, -0.15) is 0 Å². The molecule has 0 spiro atoms. The second-order valence-electron chi connectivity index (χ2n) is 3.94. The molecule has 0 aliphatic carbocycles. The zero-order valence-electron chi connectivity index (χ0n) is 9.30. The molecule has 0 bridgehead atoms. The first-order chi connectivity index (χ1) is 7.04. The third-order valence-corrected chi connectivity index (χ3v) is 2.33. The fourth-order valence-electron chi connectivity index (χ4n) is 1.38. The van der Waals surface area contributed by atoms with Crippen molar-refractivity contribution in [2.24, 2.45) is 5.92 Å². The molecule has 0 amide bonds. The lowest BCUT2D eigenvalue weighted by Gasteiger charge is -2.11. The van der Waals surface area contributed by atoms with Crippen LogP contribution in [0, 0.1) is 5.92 Å². The molecule has 3 atom stereocenters. The summed E-state index contributed by atoms with van der Waals surface area (Å²) in [5.41, 5.74) is 0. The highest BCUT2D eigenvalue weighted by Crippen LogP contribution is 2.21. The quantitative estimate of drug-likeness (QED) is 0.688. The predicted octanol–water partition coefficient (Wildman–Crippen LogP) is 0.308. The van der Waals surface area contributed by atoms with Crippen LogP contribution < -0.4 is 0 Å². The molecule has 0 radical (unpaired) electrons. The van der Waals surface area contributed by atoms with Gasteiger partial charge in [0.15, 0.2) is 6.29 Å². The van der Waals surface area contributed by atoms with Crippen LogP contribution in [-0.2, 0) is 19.0 Å². The molecular weight excluding hydrogens is 200 g/mol. The highest BCUT2D eigenvalue weighted by atomic mass is 16.7. The Labute approximate surface area is 89.3 Å². The predicted molar refractivity (Wildman–Crippen MR) is 52.1 cm³/mol. The minimum absolute atomic E-state index is 0.144. The molecule has 1 aliphatic rings. The maximum atomic E-state index is 11.2. The van der Waals surface area contributed by atoms with Crippen molar-refractivity contribution in [2.75, 3.05) is 13.7 Å². The van der Waals surface area contributed by atoms with E-state index in [9.17, 15) is 9.90 Å². The first kappa shape index (κ1) is 12.4. The summed E-state index contributed by atoms with van der Waals surface area (Å²) in [6.45, 7) is 3.71. The molecule has 1 rings (SSSR count). The largest absolute Gasteiger partial charge is 0.463 e. The Morgan fingerprint density at radius 1 is 1.60 bits per heavy atom. The second-order valence-corrected chi connectivity index (χ2v) is 3.94. The summed E-state index contributed by atoms with van der Waals surface area (Å²) in [6, 6.07) is 0. The van der Waals surface area contributed by atoms with Crippen molar-refractivity contribution in [1.29, 1.82) is 0 Å². The van der Waals surface area contributed by atoms with E-state index in [1.54, 1.807) is 13.8 Å². The van der Waals surface area contributed by atoms with Gasteiger partial charge >= 0.3 is 5.97 Å². The van der Waals surface area contributed by atoms with Crippen LogP contribution in [0.2, 0.25) is 0 Å². The zero-order valence-corrected chi connectivity index (χ0v) is 9.30. The van der Waals surface area contributed by atoms with Crippen LogP contribution in [0.25, 0.3) is 0 Å². The van der Waals surface area contributed by atoms with Gasteiger partial charge in [-0.15, -0.1) is 0 Å². The van der Waals surface area contributed by atoms with Crippen LogP contribution >= 0.6 is 0 Å². The maximum Gasteiger partial charge on any atom is 0.308 e. The normalized spacial score (nSPS) is 30.9. The van der Waals surface area contributed by atoms with Gasteiger partial charge in [-0.3, -0.25) is 4.79 Å². The smallest absolute Gasteiger partial charge is 0.308 e. The zero-order chi connectivity index (χ0) is 11.4. The molecule has 1 aliphatic heterocycles. The van der Waals surface area contributed by atoms with E-state index in [1.165, 1.54) is 7.11 Å². The van der Waals surface area contributed by atoms with Crippen LogP contribution in [-0.4, -0.2) is 43.3 Å². The monoisotopic (exact) mass is 218 g/mol. The summed E-state index contributed by atoms with van der Waals surface area (Å²) in [7, 11) is 1.51. The number of ether oxygens (including phenoxy) is 3. The Morgan fingerprint density at radius 3 is 2.73 bits per heavy atom. The molecule has 1 saturated heterocycles. The Hall–Kier alpha value is -0.650. The Morgan fingerprint density at radius 2 is 2.27 bits per heavy atom. The molecule has 0 aromatic rings. The number of carbonyl (C=O) groups excluding carboxylic acids is 1. The first-order valence-corrected chi connectivity index (χ1v) is 5.07. The van der Waals surface area contributed by atoms with Gasteiger partial charge in [0.25, 0.3) is 0 Å². The van der Waals surface area contributed by atoms with Gasteiger partial charge in [-0.1, -0.05) is 13.8 Å². The van der Waals surface area contributed by atoms with Crippen molar-refractivity contribution in [3.8, 4) is 0 Å². The lowest BCUT2D eigenvalue weighted by Crippen LogP contribution is -2.22. The van der Waals surface area contributed by atoms with E-state index >= 15 is 0 Å². The van der Waals surface area contributed by atoms with E-state index in [4.69, 9.17) is 14.2 Å². The molecule has 5 nitrogen and oxygen atoms in total. The van der Waals surface area contributed by atoms with Crippen LogP contribution in [0.4, 0.5) is 0 Å². The lowest BCUT2D eigenvalue weighted by atomic mass is 10.2. The van der Waals surface area contributed by atoms with E-state index < -0.39 is 6.29 Å². The number of hydrogen-bond donors (Lipinski definition) is 1. The second kappa shape index (κ2) is 5.44. The van der Waals surface area contributed by atoms with E-state index in [2.05, 4.69) is 0 Å². The maximum absolute atomic E-state index is 11.2. The number of hydrogen-bond acceptors (Lipinski definition) is 5. The van der Waals surface area contributed by atoms with Gasteiger partial charge in [0.05, 0.1) is 12.0 Å². The van der Waals surface area contributed by atoms with Crippen molar-refractivity contribution < 1.29 is 24.1 Å². The molecule has 1 N–H and O–H groups in total. The number of methoxy groups -OCH3 is 1. The number of aliphatic hydroxyl groups excluding tert-OH is 1. The Kier molecular flexibility index (Phi) is 4.50. The van der Waals surface area contributed by atoms with Crippen LogP contribution in [0.1, 0.15) is 20.3 Å². The van der Waals surface area contributed by atoms with Gasteiger partial charge in [0.2, 0.25) is 0 Å². The number of rotatable bonds is 4. The van der Waals surface area contributed by atoms with Gasteiger partial charge in [0.1, 0.15) is 12.7 Å². The van der Waals surface area contributed by atoms with Gasteiger partial charge in [-0.05, 0) is 0 Å². The molecule has 0 aromatic heterocycles. The van der Waals surface area contributed by atoms with Crippen molar-refractivity contribution in [1.82, 2.24) is 0 Å². The van der Waals surface area contributed by atoms with Crippen LogP contribution in [0.15, 0.2) is 0 Å². The summed E-state index contributed by atoms with van der Waals surface area (Å²) >= 11 is 0. The van der Waals surface area contributed by atoms with Crippen molar-refractivity contribution in [3.05, 3.63) is 0 Å². The standard InChI is InChI=1S/C10H18O5/c1-6(2)9(11)14-5-7-4-8(13-3)10(12)15-7/h6-8,10,12H,4-5H2,1-3H3/t7-,8+,10-/m0/s1. The molecule has 1 heterocycles. The van der Waals surface area contributed by atoms with Gasteiger partial charge in [-0.25, -0.2) is 0 Å². The van der Waals surface area contributed by atoms with Gasteiger partial charge < -0.3 is 19.3 Å². The van der Waals surface area contributed by atoms with Crippen molar-refractivity contribution in [2.45, 2.75) is 38.8 Å². The topological polar surface area (TPSA) is 65.0 Å². The Bertz CT molecular complexity index is 216. The first-order valence-electron chi connectivity index (χ1n) is 5.07. The van der Waals surface area contributed by atoms with Gasteiger partial charge in [0, 0.05) is 13.5 Å². The molecule has 15 heavy (non-hydrogen) atoms. The van der Waals surface area contributed by atoms with Crippen molar-refractivity contribution >= 4 is 5.97 Å². The fourth-order valence-corrected chi connectivity index (χ4v) is 1.38. The average molecular weight is 218 g/mol. The number of carbonyl (C=O) groups is 1. The molecule has 5 heteroatoms.